The minimum absolute atomic E-state index is 0.676. The predicted octanol–water partition coefficient (Wildman–Crippen LogP) is 1.85. The van der Waals surface area contributed by atoms with Gasteiger partial charge in [-0.1, -0.05) is 24.3 Å². The number of allylic oxidation sites excluding steroid dienone is 1. The van der Waals surface area contributed by atoms with Gasteiger partial charge in [-0.05, 0) is 11.6 Å². The van der Waals surface area contributed by atoms with Crippen LogP contribution in [0.2, 0.25) is 0 Å². The van der Waals surface area contributed by atoms with Gasteiger partial charge in [-0.25, -0.2) is 4.98 Å². The number of aromatic nitrogens is 4. The molecule has 1 aromatic carbocycles. The van der Waals surface area contributed by atoms with E-state index in [4.69, 9.17) is 0 Å². The second-order valence-electron chi connectivity index (χ2n) is 3.91. The van der Waals surface area contributed by atoms with Crippen molar-refractivity contribution >= 4 is 22.8 Å². The van der Waals surface area contributed by atoms with E-state index < -0.39 is 0 Å². The van der Waals surface area contributed by atoms with Crippen molar-refractivity contribution in [1.82, 2.24) is 19.6 Å². The number of benzene rings is 1. The van der Waals surface area contributed by atoms with E-state index >= 15 is 0 Å². The van der Waals surface area contributed by atoms with Crippen LogP contribution in [0.15, 0.2) is 30.6 Å². The van der Waals surface area contributed by atoms with E-state index in [-0.39, 0.29) is 0 Å². The molecule has 0 saturated heterocycles. The summed E-state index contributed by atoms with van der Waals surface area (Å²) in [6.07, 6.45) is 6.95. The number of hydrogen-bond acceptors (Lipinski definition) is 3. The van der Waals surface area contributed by atoms with Crippen molar-refractivity contribution in [2.75, 3.05) is 0 Å². The third-order valence-electron chi connectivity index (χ3n) is 3.01. The first-order valence-corrected chi connectivity index (χ1v) is 5.21. The highest BCUT2D eigenvalue weighted by molar-refractivity contribution is 5.92. The molecule has 2 heterocycles. The molecular formula is C12H8N4. The Balaban J connectivity index is 2.36. The Kier molecular flexibility index (Phi) is 1.33. The molecule has 0 spiro atoms. The van der Waals surface area contributed by atoms with E-state index in [0.29, 0.717) is 5.78 Å². The maximum Gasteiger partial charge on any atom is 0.255 e. The maximum atomic E-state index is 4.50. The van der Waals surface area contributed by atoms with Gasteiger partial charge in [0.1, 0.15) is 6.33 Å². The largest absolute Gasteiger partial charge is 0.269 e. The molecule has 4 heteroatoms. The molecule has 3 aromatic rings. The van der Waals surface area contributed by atoms with E-state index in [0.717, 1.165) is 11.9 Å². The quantitative estimate of drug-likeness (QED) is 0.566. The average molecular weight is 208 g/mol. The van der Waals surface area contributed by atoms with Gasteiger partial charge in [-0.2, -0.15) is 0 Å². The molecule has 2 aromatic heterocycles. The molecule has 0 N–H and O–H groups in total. The minimum Gasteiger partial charge on any atom is -0.269 e. The van der Waals surface area contributed by atoms with E-state index in [9.17, 15) is 0 Å². The molecule has 4 nitrogen and oxygen atoms in total. The van der Waals surface area contributed by atoms with Gasteiger partial charge in [0, 0.05) is 17.5 Å². The molecule has 0 unspecified atom stereocenters. The van der Waals surface area contributed by atoms with Crippen molar-refractivity contribution in [3.63, 3.8) is 0 Å². The van der Waals surface area contributed by atoms with Crippen LogP contribution in [-0.2, 0) is 6.42 Å². The number of fused-ring (bicyclic) bond motifs is 2. The van der Waals surface area contributed by atoms with Crippen LogP contribution < -0.4 is 0 Å². The number of rotatable bonds is 0. The highest BCUT2D eigenvalue weighted by Gasteiger charge is 2.13. The van der Waals surface area contributed by atoms with Gasteiger partial charge in [-0.3, -0.25) is 4.40 Å². The van der Waals surface area contributed by atoms with Gasteiger partial charge in [-0.15, -0.1) is 10.2 Å². The lowest BCUT2D eigenvalue weighted by Gasteiger charge is -2.13. The Morgan fingerprint density at radius 1 is 1.25 bits per heavy atom. The van der Waals surface area contributed by atoms with Crippen molar-refractivity contribution in [3.05, 3.63) is 41.9 Å². The summed E-state index contributed by atoms with van der Waals surface area (Å²) in [5, 5.41) is 9.14. The fourth-order valence-corrected chi connectivity index (χ4v) is 2.33. The molecule has 16 heavy (non-hydrogen) atoms. The Morgan fingerprint density at radius 3 is 3.25 bits per heavy atom. The molecular weight excluding hydrogens is 200 g/mol. The zero-order valence-electron chi connectivity index (χ0n) is 8.46. The zero-order chi connectivity index (χ0) is 10.5. The zero-order valence-corrected chi connectivity index (χ0v) is 8.46. The smallest absolute Gasteiger partial charge is 0.255 e. The van der Waals surface area contributed by atoms with Crippen LogP contribution in [0.3, 0.4) is 0 Å². The van der Waals surface area contributed by atoms with Crippen LogP contribution >= 0.6 is 0 Å². The van der Waals surface area contributed by atoms with Gasteiger partial charge in [0.25, 0.3) is 5.78 Å². The fourth-order valence-electron chi connectivity index (χ4n) is 2.33. The standard InChI is InChI=1S/C12H8N4/c1-3-8-4-2-6-10-11(8)9(5-1)14-12-15-13-7-16(10)12/h1-5,7H,6H2. The minimum atomic E-state index is 0.676. The Morgan fingerprint density at radius 2 is 2.25 bits per heavy atom. The lowest BCUT2D eigenvalue weighted by atomic mass is 10.00. The molecule has 0 radical (unpaired) electrons. The monoisotopic (exact) mass is 208 g/mol. The van der Waals surface area contributed by atoms with E-state index in [1.54, 1.807) is 6.33 Å². The first kappa shape index (κ1) is 7.98. The van der Waals surface area contributed by atoms with Crippen LogP contribution in [-0.4, -0.2) is 19.6 Å². The maximum absolute atomic E-state index is 4.50. The SMILES string of the molecule is C1=Cc2cccc3nc4nncn4c(c23)C1. The molecule has 0 saturated carbocycles. The summed E-state index contributed by atoms with van der Waals surface area (Å²) in [5.74, 6) is 0.676. The molecule has 1 aliphatic carbocycles. The van der Waals surface area contributed by atoms with Gasteiger partial charge >= 0.3 is 0 Å². The summed E-state index contributed by atoms with van der Waals surface area (Å²) < 4.78 is 1.97. The first-order chi connectivity index (χ1) is 7.93. The van der Waals surface area contributed by atoms with Gasteiger partial charge < -0.3 is 0 Å². The van der Waals surface area contributed by atoms with Crippen LogP contribution in [0.25, 0.3) is 22.8 Å². The third kappa shape index (κ3) is 0.863. The summed E-state index contributed by atoms with van der Waals surface area (Å²) in [5.41, 5.74) is 3.45. The topological polar surface area (TPSA) is 43.1 Å². The fraction of sp³-hybridized carbons (Fsp3) is 0.0833. The Hall–Kier alpha value is -2.23. The van der Waals surface area contributed by atoms with Crippen LogP contribution in [0, 0.1) is 0 Å². The van der Waals surface area contributed by atoms with Crippen LogP contribution in [0.5, 0.6) is 0 Å². The molecule has 0 amide bonds. The molecule has 0 fully saturated rings. The summed E-state index contributed by atoms with van der Waals surface area (Å²) in [4.78, 5) is 4.50. The number of hydrogen-bond donors (Lipinski definition) is 0. The van der Waals surface area contributed by atoms with Crippen LogP contribution in [0.1, 0.15) is 11.3 Å². The van der Waals surface area contributed by atoms with E-state index in [1.807, 2.05) is 16.5 Å². The second kappa shape index (κ2) is 2.66. The summed E-state index contributed by atoms with van der Waals surface area (Å²) in [6.45, 7) is 0. The lowest BCUT2D eigenvalue weighted by Crippen LogP contribution is -2.03. The molecule has 0 atom stereocenters. The normalized spacial score (nSPS) is 13.8. The second-order valence-corrected chi connectivity index (χ2v) is 3.91. The van der Waals surface area contributed by atoms with Gasteiger partial charge in [0.2, 0.25) is 0 Å². The Labute approximate surface area is 91.3 Å². The van der Waals surface area contributed by atoms with Crippen molar-refractivity contribution in [2.24, 2.45) is 0 Å². The van der Waals surface area contributed by atoms with Gasteiger partial charge in [0.05, 0.1) is 5.52 Å². The lowest BCUT2D eigenvalue weighted by molar-refractivity contribution is 1.02. The van der Waals surface area contributed by atoms with E-state index in [1.165, 1.54) is 16.6 Å². The summed E-state index contributed by atoms with van der Waals surface area (Å²) in [7, 11) is 0. The molecule has 0 bridgehead atoms. The summed E-state index contributed by atoms with van der Waals surface area (Å²) >= 11 is 0. The van der Waals surface area contributed by atoms with Gasteiger partial charge in [0.15, 0.2) is 0 Å². The molecule has 76 valence electrons. The molecule has 0 aliphatic heterocycles. The van der Waals surface area contributed by atoms with Crippen molar-refractivity contribution in [2.45, 2.75) is 6.42 Å². The summed E-state index contributed by atoms with van der Waals surface area (Å²) in [6, 6.07) is 6.16. The third-order valence-corrected chi connectivity index (χ3v) is 3.01. The van der Waals surface area contributed by atoms with Crippen molar-refractivity contribution < 1.29 is 0 Å². The van der Waals surface area contributed by atoms with Crippen molar-refractivity contribution in [1.29, 1.82) is 0 Å². The highest BCUT2D eigenvalue weighted by Crippen LogP contribution is 2.27. The number of nitrogens with zero attached hydrogens (tertiary/aromatic N) is 4. The van der Waals surface area contributed by atoms with E-state index in [2.05, 4.69) is 33.4 Å². The predicted molar refractivity (Wildman–Crippen MR) is 61.0 cm³/mol. The molecule has 1 aliphatic rings. The Bertz CT molecular complexity index is 739. The first-order valence-electron chi connectivity index (χ1n) is 5.21. The average Bonchev–Trinajstić information content (AvgIpc) is 2.78. The molecule has 4 rings (SSSR count). The van der Waals surface area contributed by atoms with Crippen molar-refractivity contribution in [3.8, 4) is 0 Å². The highest BCUT2D eigenvalue weighted by atomic mass is 15.3. The van der Waals surface area contributed by atoms with Crippen LogP contribution in [0.4, 0.5) is 0 Å².